The monoisotopic (exact) mass is 185 g/mol. The van der Waals surface area contributed by atoms with E-state index in [0.717, 1.165) is 12.1 Å². The highest BCUT2D eigenvalue weighted by atomic mass is 32.1. The lowest BCUT2D eigenvalue weighted by molar-refractivity contribution is 0.459. The topological polar surface area (TPSA) is 27.6 Å². The third kappa shape index (κ3) is 2.17. The van der Waals surface area contributed by atoms with E-state index < -0.39 is 0 Å². The smallest absolute Gasteiger partial charge is 0.189 e. The second-order valence-corrected chi connectivity index (χ2v) is 4.24. The highest BCUT2D eigenvalue weighted by Gasteiger charge is 2.24. The fraction of sp³-hybridized carbons (Fsp3) is 0.750. The standard InChI is InChI=1S/C8H15N3S/c1-6-5-8(2,3)9-7(12)11(4)10-6/h5H2,1-4H3,(H,9,12). The van der Waals surface area contributed by atoms with Gasteiger partial charge < -0.3 is 5.32 Å². The average molecular weight is 185 g/mol. The predicted octanol–water partition coefficient (Wildman–Crippen LogP) is 1.35. The van der Waals surface area contributed by atoms with Crippen molar-refractivity contribution in [2.75, 3.05) is 7.05 Å². The highest BCUT2D eigenvalue weighted by molar-refractivity contribution is 7.80. The van der Waals surface area contributed by atoms with Crippen molar-refractivity contribution in [2.45, 2.75) is 32.7 Å². The van der Waals surface area contributed by atoms with Gasteiger partial charge in [-0.1, -0.05) is 0 Å². The summed E-state index contributed by atoms with van der Waals surface area (Å²) in [5.41, 5.74) is 1.13. The minimum absolute atomic E-state index is 0.0232. The van der Waals surface area contributed by atoms with Gasteiger partial charge in [0, 0.05) is 24.7 Å². The number of thiocarbonyl (C=S) groups is 1. The van der Waals surface area contributed by atoms with E-state index in [-0.39, 0.29) is 5.54 Å². The van der Waals surface area contributed by atoms with Gasteiger partial charge in [0.2, 0.25) is 0 Å². The second kappa shape index (κ2) is 3.01. The molecule has 0 fully saturated rings. The zero-order valence-electron chi connectivity index (χ0n) is 8.01. The summed E-state index contributed by atoms with van der Waals surface area (Å²) >= 11 is 5.12. The molecule has 1 aliphatic rings. The molecule has 3 nitrogen and oxygen atoms in total. The third-order valence-electron chi connectivity index (χ3n) is 1.76. The van der Waals surface area contributed by atoms with Gasteiger partial charge in [-0.3, -0.25) is 0 Å². The molecule has 0 spiro atoms. The average Bonchev–Trinajstić information content (AvgIpc) is 1.89. The molecule has 0 aliphatic carbocycles. The van der Waals surface area contributed by atoms with Gasteiger partial charge in [0.1, 0.15) is 0 Å². The van der Waals surface area contributed by atoms with Crippen LogP contribution < -0.4 is 5.32 Å². The van der Waals surface area contributed by atoms with Crippen LogP contribution in [0.4, 0.5) is 0 Å². The van der Waals surface area contributed by atoms with Crippen LogP contribution in [0.15, 0.2) is 5.10 Å². The lowest BCUT2D eigenvalue weighted by Crippen LogP contribution is -2.45. The molecule has 0 bridgehead atoms. The van der Waals surface area contributed by atoms with Crippen LogP contribution in [0.5, 0.6) is 0 Å². The van der Waals surface area contributed by atoms with Gasteiger partial charge in [-0.25, -0.2) is 5.01 Å². The molecule has 0 radical (unpaired) electrons. The molecule has 0 atom stereocenters. The Morgan fingerprint density at radius 3 is 2.75 bits per heavy atom. The number of hydrazone groups is 1. The first kappa shape index (κ1) is 9.45. The minimum atomic E-state index is 0.0232. The highest BCUT2D eigenvalue weighted by Crippen LogP contribution is 2.13. The number of nitrogens with one attached hydrogen (secondary N) is 1. The lowest BCUT2D eigenvalue weighted by atomic mass is 9.98. The number of rotatable bonds is 0. The van der Waals surface area contributed by atoms with E-state index in [9.17, 15) is 0 Å². The van der Waals surface area contributed by atoms with Crippen molar-refractivity contribution in [3.63, 3.8) is 0 Å². The Kier molecular flexibility index (Phi) is 2.37. The van der Waals surface area contributed by atoms with E-state index in [1.165, 1.54) is 0 Å². The zero-order valence-corrected chi connectivity index (χ0v) is 8.83. The van der Waals surface area contributed by atoms with Crippen molar-refractivity contribution < 1.29 is 0 Å². The SMILES string of the molecule is CC1=NN(C)C(=S)NC(C)(C)C1. The molecular formula is C8H15N3S. The van der Waals surface area contributed by atoms with Gasteiger partial charge in [-0.15, -0.1) is 0 Å². The van der Waals surface area contributed by atoms with Crippen LogP contribution in [0.2, 0.25) is 0 Å². The van der Waals surface area contributed by atoms with Crippen LogP contribution in [0.25, 0.3) is 0 Å². The van der Waals surface area contributed by atoms with Crippen LogP contribution in [-0.2, 0) is 0 Å². The Bertz CT molecular complexity index is 232. The zero-order chi connectivity index (χ0) is 9.35. The van der Waals surface area contributed by atoms with Crippen LogP contribution in [0, 0.1) is 0 Å². The summed E-state index contributed by atoms with van der Waals surface area (Å²) in [7, 11) is 1.86. The molecule has 0 saturated carbocycles. The third-order valence-corrected chi connectivity index (χ3v) is 2.12. The molecule has 0 unspecified atom stereocenters. The molecular weight excluding hydrogens is 170 g/mol. The van der Waals surface area contributed by atoms with E-state index in [0.29, 0.717) is 5.11 Å². The van der Waals surface area contributed by atoms with E-state index in [1.54, 1.807) is 5.01 Å². The first-order chi connectivity index (χ1) is 5.41. The van der Waals surface area contributed by atoms with Gasteiger partial charge in [-0.2, -0.15) is 5.10 Å². The fourth-order valence-corrected chi connectivity index (χ4v) is 1.71. The maximum atomic E-state index is 5.12. The Morgan fingerprint density at radius 2 is 2.17 bits per heavy atom. The summed E-state index contributed by atoms with van der Waals surface area (Å²) in [5, 5.41) is 9.94. The van der Waals surface area contributed by atoms with Crippen molar-refractivity contribution >= 4 is 23.0 Å². The molecule has 1 heterocycles. The van der Waals surface area contributed by atoms with E-state index in [1.807, 2.05) is 14.0 Å². The van der Waals surface area contributed by atoms with Gasteiger partial charge in [-0.05, 0) is 33.0 Å². The van der Waals surface area contributed by atoms with Crippen molar-refractivity contribution in [3.8, 4) is 0 Å². The molecule has 0 aromatic rings. The second-order valence-electron chi connectivity index (χ2n) is 3.85. The van der Waals surface area contributed by atoms with E-state index in [2.05, 4.69) is 24.3 Å². The largest absolute Gasteiger partial charge is 0.356 e. The summed E-state index contributed by atoms with van der Waals surface area (Å²) in [6.07, 6.45) is 0.928. The first-order valence-corrected chi connectivity index (χ1v) is 4.41. The molecule has 1 N–H and O–H groups in total. The fourth-order valence-electron chi connectivity index (χ4n) is 1.39. The van der Waals surface area contributed by atoms with Crippen molar-refractivity contribution in [2.24, 2.45) is 5.10 Å². The molecule has 68 valence electrons. The summed E-state index contributed by atoms with van der Waals surface area (Å²) in [6, 6.07) is 0. The molecule has 0 aromatic heterocycles. The minimum Gasteiger partial charge on any atom is -0.356 e. The summed E-state index contributed by atoms with van der Waals surface area (Å²) < 4.78 is 0. The van der Waals surface area contributed by atoms with Crippen LogP contribution >= 0.6 is 12.2 Å². The van der Waals surface area contributed by atoms with Gasteiger partial charge in [0.05, 0.1) is 0 Å². The maximum Gasteiger partial charge on any atom is 0.189 e. The van der Waals surface area contributed by atoms with Crippen molar-refractivity contribution in [1.82, 2.24) is 10.3 Å². The molecule has 1 aliphatic heterocycles. The normalized spacial score (nSPS) is 22.8. The van der Waals surface area contributed by atoms with Crippen LogP contribution in [0.3, 0.4) is 0 Å². The van der Waals surface area contributed by atoms with Crippen LogP contribution in [-0.4, -0.2) is 28.4 Å². The molecule has 0 amide bonds. The summed E-state index contributed by atoms with van der Waals surface area (Å²) in [5.74, 6) is 0. The number of hydrogen-bond donors (Lipinski definition) is 1. The molecule has 12 heavy (non-hydrogen) atoms. The Labute approximate surface area is 78.8 Å². The number of hydrogen-bond acceptors (Lipinski definition) is 2. The molecule has 1 rings (SSSR count). The van der Waals surface area contributed by atoms with Gasteiger partial charge in [0.25, 0.3) is 0 Å². The Hall–Kier alpha value is -0.640. The van der Waals surface area contributed by atoms with Gasteiger partial charge in [0.15, 0.2) is 5.11 Å². The van der Waals surface area contributed by atoms with E-state index in [4.69, 9.17) is 12.2 Å². The first-order valence-electron chi connectivity index (χ1n) is 4.01. The molecule has 0 saturated heterocycles. The number of nitrogens with zero attached hydrogens (tertiary/aromatic N) is 2. The Morgan fingerprint density at radius 1 is 1.58 bits per heavy atom. The molecule has 0 aromatic carbocycles. The predicted molar refractivity (Wildman–Crippen MR) is 55.3 cm³/mol. The lowest BCUT2D eigenvalue weighted by Gasteiger charge is -2.25. The van der Waals surface area contributed by atoms with Crippen molar-refractivity contribution in [3.05, 3.63) is 0 Å². The quantitative estimate of drug-likeness (QED) is 0.577. The molecule has 4 heteroatoms. The summed E-state index contributed by atoms with van der Waals surface area (Å²) in [6.45, 7) is 6.27. The van der Waals surface area contributed by atoms with E-state index >= 15 is 0 Å². The van der Waals surface area contributed by atoms with Gasteiger partial charge >= 0.3 is 0 Å². The maximum absolute atomic E-state index is 5.12. The van der Waals surface area contributed by atoms with Crippen molar-refractivity contribution in [1.29, 1.82) is 0 Å². The Balaban J connectivity index is 2.87. The summed E-state index contributed by atoms with van der Waals surface area (Å²) in [4.78, 5) is 0. The van der Waals surface area contributed by atoms with Crippen LogP contribution in [0.1, 0.15) is 27.2 Å².